The summed E-state index contributed by atoms with van der Waals surface area (Å²) in [7, 11) is 0. The Balaban J connectivity index is 2.35. The molecule has 1 aliphatic rings. The molecule has 4 amide bonds. The number of nitrogens with one attached hydrogen (secondary N) is 1. The Morgan fingerprint density at radius 1 is 1.24 bits per heavy atom. The highest BCUT2D eigenvalue weighted by Crippen LogP contribution is 2.16. The number of urea groups is 1. The van der Waals surface area contributed by atoms with Gasteiger partial charge in [0.2, 0.25) is 11.8 Å². The molecule has 1 fully saturated rings. The molecule has 0 saturated carbocycles. The zero-order valence-electron chi connectivity index (χ0n) is 12.0. The smallest absolute Gasteiger partial charge is 0.324 e. The lowest BCUT2D eigenvalue weighted by atomic mass is 9.96. The Kier molecular flexibility index (Phi) is 6.13. The van der Waals surface area contributed by atoms with Gasteiger partial charge in [0.1, 0.15) is 0 Å². The van der Waals surface area contributed by atoms with Gasteiger partial charge in [0.15, 0.2) is 0 Å². The van der Waals surface area contributed by atoms with Crippen molar-refractivity contribution >= 4 is 23.8 Å². The summed E-state index contributed by atoms with van der Waals surface area (Å²) in [5.74, 6) is -2.40. The van der Waals surface area contributed by atoms with Crippen molar-refractivity contribution in [2.45, 2.75) is 32.6 Å². The second kappa shape index (κ2) is 7.61. The molecule has 1 saturated heterocycles. The van der Waals surface area contributed by atoms with Crippen molar-refractivity contribution in [3.05, 3.63) is 0 Å². The van der Waals surface area contributed by atoms with Crippen molar-refractivity contribution in [2.24, 2.45) is 17.6 Å². The van der Waals surface area contributed by atoms with E-state index in [0.29, 0.717) is 25.9 Å². The molecule has 1 aliphatic heterocycles. The van der Waals surface area contributed by atoms with Crippen molar-refractivity contribution in [1.82, 2.24) is 10.2 Å². The molecule has 8 nitrogen and oxygen atoms in total. The van der Waals surface area contributed by atoms with E-state index in [4.69, 9.17) is 10.8 Å². The molecule has 0 bridgehead atoms. The number of carboxylic acids is 1. The van der Waals surface area contributed by atoms with E-state index in [0.717, 1.165) is 0 Å². The van der Waals surface area contributed by atoms with Crippen LogP contribution in [0.15, 0.2) is 0 Å². The minimum Gasteiger partial charge on any atom is -0.481 e. The zero-order valence-corrected chi connectivity index (χ0v) is 12.0. The van der Waals surface area contributed by atoms with Crippen LogP contribution in [-0.4, -0.2) is 46.9 Å². The van der Waals surface area contributed by atoms with Gasteiger partial charge in [-0.1, -0.05) is 6.92 Å². The van der Waals surface area contributed by atoms with Gasteiger partial charge in [-0.05, 0) is 18.8 Å². The quantitative estimate of drug-likeness (QED) is 0.653. The monoisotopic (exact) mass is 299 g/mol. The summed E-state index contributed by atoms with van der Waals surface area (Å²) in [5, 5.41) is 10.8. The number of rotatable bonds is 5. The van der Waals surface area contributed by atoms with E-state index in [2.05, 4.69) is 5.32 Å². The number of likely N-dealkylation sites (tertiary alicyclic amines) is 1. The number of aliphatic carboxylic acids is 1. The molecular formula is C13H21N3O5. The lowest BCUT2D eigenvalue weighted by molar-refractivity contribution is -0.138. The van der Waals surface area contributed by atoms with Crippen LogP contribution in [0, 0.1) is 11.8 Å². The summed E-state index contributed by atoms with van der Waals surface area (Å²) in [5.41, 5.74) is 5.20. The van der Waals surface area contributed by atoms with Gasteiger partial charge in [-0.15, -0.1) is 0 Å². The van der Waals surface area contributed by atoms with Gasteiger partial charge < -0.3 is 15.7 Å². The van der Waals surface area contributed by atoms with Gasteiger partial charge in [-0.3, -0.25) is 19.7 Å². The van der Waals surface area contributed by atoms with Gasteiger partial charge in [0.25, 0.3) is 0 Å². The highest BCUT2D eigenvalue weighted by Gasteiger charge is 2.26. The number of hydrogen-bond acceptors (Lipinski definition) is 4. The van der Waals surface area contributed by atoms with Crippen LogP contribution in [0.25, 0.3) is 0 Å². The van der Waals surface area contributed by atoms with Gasteiger partial charge in [-0.2, -0.15) is 0 Å². The van der Waals surface area contributed by atoms with Gasteiger partial charge in [0.05, 0.1) is 0 Å². The highest BCUT2D eigenvalue weighted by atomic mass is 16.4. The lowest BCUT2D eigenvalue weighted by Gasteiger charge is -2.30. The molecule has 0 aromatic carbocycles. The molecule has 0 aromatic rings. The van der Waals surface area contributed by atoms with Crippen LogP contribution in [0.1, 0.15) is 32.6 Å². The third kappa shape index (κ3) is 5.80. The maximum absolute atomic E-state index is 11.9. The van der Waals surface area contributed by atoms with Crippen LogP contribution in [0.5, 0.6) is 0 Å². The number of nitrogens with two attached hydrogens (primary N) is 1. The fraction of sp³-hybridized carbons (Fsp3) is 0.692. The van der Waals surface area contributed by atoms with E-state index in [-0.39, 0.29) is 30.6 Å². The number of nitrogens with zero attached hydrogens (tertiary/aromatic N) is 1. The third-order valence-electron chi connectivity index (χ3n) is 3.49. The maximum Gasteiger partial charge on any atom is 0.324 e. The summed E-state index contributed by atoms with van der Waals surface area (Å²) in [6, 6.07) is -0.509. The van der Waals surface area contributed by atoms with E-state index in [1.165, 1.54) is 4.90 Å². The predicted molar refractivity (Wildman–Crippen MR) is 73.1 cm³/mol. The van der Waals surface area contributed by atoms with Crippen LogP contribution in [0.4, 0.5) is 4.79 Å². The Labute approximate surface area is 122 Å². The average molecular weight is 299 g/mol. The summed E-state index contributed by atoms with van der Waals surface area (Å²) < 4.78 is 0. The molecule has 1 heterocycles. The first kappa shape index (κ1) is 16.9. The van der Waals surface area contributed by atoms with Crippen LogP contribution < -0.4 is 11.1 Å². The topological polar surface area (TPSA) is 130 Å². The first-order chi connectivity index (χ1) is 9.79. The summed E-state index contributed by atoms with van der Waals surface area (Å²) in [6.07, 6.45) is 0.847. The molecule has 1 unspecified atom stereocenters. The van der Waals surface area contributed by atoms with E-state index >= 15 is 0 Å². The number of carbonyl (C=O) groups is 4. The second-order valence-electron chi connectivity index (χ2n) is 5.42. The molecule has 8 heteroatoms. The number of hydrogen-bond donors (Lipinski definition) is 3. The number of carboxylic acid groups (broad SMARTS) is 1. The summed E-state index contributed by atoms with van der Waals surface area (Å²) in [4.78, 5) is 46.5. The molecular weight excluding hydrogens is 278 g/mol. The van der Waals surface area contributed by atoms with Crippen LogP contribution in [0.2, 0.25) is 0 Å². The minimum atomic E-state index is -0.977. The number of carbonyl (C=O) groups excluding carboxylic acids is 3. The third-order valence-corrected chi connectivity index (χ3v) is 3.49. The van der Waals surface area contributed by atoms with E-state index < -0.39 is 17.9 Å². The van der Waals surface area contributed by atoms with E-state index in [1.54, 1.807) is 6.92 Å². The fourth-order valence-electron chi connectivity index (χ4n) is 2.30. The molecule has 0 aromatic heterocycles. The Morgan fingerprint density at radius 3 is 2.29 bits per heavy atom. The molecule has 0 radical (unpaired) electrons. The first-order valence-electron chi connectivity index (χ1n) is 6.89. The number of amides is 4. The largest absolute Gasteiger partial charge is 0.481 e. The fourth-order valence-corrected chi connectivity index (χ4v) is 2.30. The van der Waals surface area contributed by atoms with Crippen molar-refractivity contribution in [1.29, 1.82) is 0 Å². The van der Waals surface area contributed by atoms with Gasteiger partial charge in [0, 0.05) is 31.8 Å². The number of imide groups is 1. The van der Waals surface area contributed by atoms with Crippen LogP contribution >= 0.6 is 0 Å². The predicted octanol–water partition coefficient (Wildman–Crippen LogP) is -0.0792. The standard InChI is InChI=1S/C13H21N3O5/c1-8(7-11(18)19)6-10(17)15-13(21)16-4-2-9(3-5-16)12(14)20/h8-9H,2-7H2,1H3,(H2,14,20)(H,18,19)(H,15,17,21). The number of piperidine rings is 1. The average Bonchev–Trinajstić information content (AvgIpc) is 2.37. The molecule has 0 spiro atoms. The van der Waals surface area contributed by atoms with E-state index in [9.17, 15) is 19.2 Å². The Hall–Kier alpha value is -2.12. The molecule has 1 rings (SSSR count). The first-order valence-corrected chi connectivity index (χ1v) is 6.89. The maximum atomic E-state index is 11.9. The van der Waals surface area contributed by atoms with Crippen molar-refractivity contribution in [2.75, 3.05) is 13.1 Å². The summed E-state index contributed by atoms with van der Waals surface area (Å²) >= 11 is 0. The Morgan fingerprint density at radius 2 is 1.81 bits per heavy atom. The highest BCUT2D eigenvalue weighted by molar-refractivity contribution is 5.94. The van der Waals surface area contributed by atoms with Crippen molar-refractivity contribution in [3.63, 3.8) is 0 Å². The number of primary amides is 1. The summed E-state index contributed by atoms with van der Waals surface area (Å²) in [6.45, 7) is 2.38. The molecule has 4 N–H and O–H groups in total. The SMILES string of the molecule is CC(CC(=O)O)CC(=O)NC(=O)N1CCC(C(N)=O)CC1. The molecule has 0 aliphatic carbocycles. The molecule has 1 atom stereocenters. The lowest BCUT2D eigenvalue weighted by Crippen LogP contribution is -2.48. The zero-order chi connectivity index (χ0) is 16.0. The van der Waals surface area contributed by atoms with E-state index in [1.807, 2.05) is 0 Å². The van der Waals surface area contributed by atoms with Crippen LogP contribution in [0.3, 0.4) is 0 Å². The second-order valence-corrected chi connectivity index (χ2v) is 5.42. The Bertz CT molecular complexity index is 430. The minimum absolute atomic E-state index is 0.0181. The normalized spacial score (nSPS) is 17.1. The van der Waals surface area contributed by atoms with Crippen LogP contribution in [-0.2, 0) is 14.4 Å². The molecule has 21 heavy (non-hydrogen) atoms. The van der Waals surface area contributed by atoms with Crippen molar-refractivity contribution < 1.29 is 24.3 Å². The van der Waals surface area contributed by atoms with Crippen molar-refractivity contribution in [3.8, 4) is 0 Å². The molecule has 118 valence electrons. The van der Waals surface area contributed by atoms with Gasteiger partial charge in [-0.25, -0.2) is 4.79 Å². The van der Waals surface area contributed by atoms with Gasteiger partial charge >= 0.3 is 12.0 Å².